The molecule has 2 unspecified atom stereocenters. The number of rotatable bonds is 4. The number of nitrogen functional groups attached to an aromatic ring is 1. The van der Waals surface area contributed by atoms with Crippen LogP contribution in [0.1, 0.15) is 23.9 Å². The Morgan fingerprint density at radius 1 is 1.48 bits per heavy atom. The average molecular weight is 329 g/mol. The molecule has 1 fully saturated rings. The van der Waals surface area contributed by atoms with E-state index in [2.05, 4.69) is 32.1 Å². The molecule has 0 spiro atoms. The Bertz CT molecular complexity index is 708. The summed E-state index contributed by atoms with van der Waals surface area (Å²) in [4.78, 5) is 15.8. The van der Waals surface area contributed by atoms with E-state index in [1.54, 1.807) is 17.4 Å². The van der Waals surface area contributed by atoms with Crippen molar-refractivity contribution in [1.29, 1.82) is 5.26 Å². The number of hydrogen-bond donors (Lipinski definition) is 2. The molecular formula is C15H19N7S. The lowest BCUT2D eigenvalue weighted by Crippen LogP contribution is -2.44. The van der Waals surface area contributed by atoms with E-state index in [0.717, 1.165) is 31.9 Å². The molecule has 23 heavy (non-hydrogen) atoms. The number of anilines is 2. The zero-order valence-corrected chi connectivity index (χ0v) is 13.8. The van der Waals surface area contributed by atoms with Crippen LogP contribution in [0.4, 0.5) is 10.9 Å². The van der Waals surface area contributed by atoms with E-state index >= 15 is 0 Å². The Morgan fingerprint density at radius 2 is 2.35 bits per heavy atom. The summed E-state index contributed by atoms with van der Waals surface area (Å²) in [6.07, 6.45) is 4.32. The van der Waals surface area contributed by atoms with Crippen molar-refractivity contribution in [1.82, 2.24) is 19.9 Å². The number of nitrogens with one attached hydrogen (secondary N) is 1. The van der Waals surface area contributed by atoms with E-state index in [-0.39, 0.29) is 0 Å². The van der Waals surface area contributed by atoms with Crippen LogP contribution in [0.25, 0.3) is 0 Å². The number of nitrogens with two attached hydrogens (primary N) is 1. The van der Waals surface area contributed by atoms with Crippen molar-refractivity contribution in [2.45, 2.75) is 25.9 Å². The van der Waals surface area contributed by atoms with Crippen LogP contribution < -0.4 is 11.1 Å². The number of likely N-dealkylation sites (tertiary alicyclic amines) is 1. The molecule has 7 nitrogen and oxygen atoms in total. The van der Waals surface area contributed by atoms with Crippen LogP contribution in [-0.2, 0) is 6.54 Å². The van der Waals surface area contributed by atoms with Gasteiger partial charge in [-0.25, -0.2) is 15.0 Å². The van der Waals surface area contributed by atoms with Gasteiger partial charge in [-0.3, -0.25) is 4.90 Å². The molecule has 0 radical (unpaired) electrons. The maximum absolute atomic E-state index is 8.91. The molecular weight excluding hydrogens is 310 g/mol. The lowest BCUT2D eigenvalue weighted by atomic mass is 9.94. The summed E-state index contributed by atoms with van der Waals surface area (Å²) >= 11 is 1.55. The summed E-state index contributed by atoms with van der Waals surface area (Å²) in [6.45, 7) is 5.15. The van der Waals surface area contributed by atoms with Gasteiger partial charge in [0.1, 0.15) is 23.9 Å². The Morgan fingerprint density at radius 3 is 3.04 bits per heavy atom. The molecule has 0 bridgehead atoms. The second-order valence-corrected chi connectivity index (χ2v) is 6.96. The Balaban J connectivity index is 1.57. The molecule has 1 saturated heterocycles. The second-order valence-electron chi connectivity index (χ2n) is 5.82. The Labute approximate surface area is 139 Å². The number of aromatic nitrogens is 3. The third-order valence-electron chi connectivity index (χ3n) is 4.06. The highest BCUT2D eigenvalue weighted by atomic mass is 32.1. The normalized spacial score (nSPS) is 21.7. The van der Waals surface area contributed by atoms with E-state index in [0.29, 0.717) is 22.8 Å². The molecule has 1 aliphatic rings. The van der Waals surface area contributed by atoms with Gasteiger partial charge in [-0.05, 0) is 12.3 Å². The molecule has 0 aliphatic carbocycles. The van der Waals surface area contributed by atoms with Crippen LogP contribution in [0, 0.1) is 17.2 Å². The topological polar surface area (TPSA) is 104 Å². The SMILES string of the molecule is CC1CN(Cc2cnc(N)s2)CCC1Nc1cc(C#N)ncn1. The lowest BCUT2D eigenvalue weighted by molar-refractivity contribution is 0.166. The quantitative estimate of drug-likeness (QED) is 0.880. The molecule has 2 atom stereocenters. The molecule has 3 rings (SSSR count). The minimum absolute atomic E-state index is 0.347. The number of piperidine rings is 1. The zero-order chi connectivity index (χ0) is 16.2. The van der Waals surface area contributed by atoms with Gasteiger partial charge in [0.15, 0.2) is 5.13 Å². The van der Waals surface area contributed by atoms with Crippen LogP contribution in [0.3, 0.4) is 0 Å². The average Bonchev–Trinajstić information content (AvgIpc) is 2.95. The first-order valence-electron chi connectivity index (χ1n) is 7.55. The van der Waals surface area contributed by atoms with Crippen molar-refractivity contribution in [2.24, 2.45) is 5.92 Å². The first kappa shape index (κ1) is 15.6. The van der Waals surface area contributed by atoms with Gasteiger partial charge < -0.3 is 11.1 Å². The fourth-order valence-electron chi connectivity index (χ4n) is 2.89. The lowest BCUT2D eigenvalue weighted by Gasteiger charge is -2.37. The first-order valence-corrected chi connectivity index (χ1v) is 8.37. The van der Waals surface area contributed by atoms with Gasteiger partial charge in [0.25, 0.3) is 0 Å². The molecule has 0 saturated carbocycles. The Kier molecular flexibility index (Phi) is 4.69. The van der Waals surface area contributed by atoms with Gasteiger partial charge >= 0.3 is 0 Å². The third-order valence-corrected chi connectivity index (χ3v) is 4.87. The predicted octanol–water partition coefficient (Wildman–Crippen LogP) is 1.71. The van der Waals surface area contributed by atoms with E-state index in [4.69, 9.17) is 11.0 Å². The van der Waals surface area contributed by atoms with E-state index in [1.165, 1.54) is 11.2 Å². The minimum atomic E-state index is 0.347. The molecule has 0 amide bonds. The monoisotopic (exact) mass is 329 g/mol. The smallest absolute Gasteiger partial charge is 0.180 e. The molecule has 120 valence electrons. The summed E-state index contributed by atoms with van der Waals surface area (Å²) in [5, 5.41) is 13.0. The van der Waals surface area contributed by atoms with Crippen LogP contribution in [0.2, 0.25) is 0 Å². The maximum Gasteiger partial charge on any atom is 0.180 e. The van der Waals surface area contributed by atoms with E-state index in [9.17, 15) is 0 Å². The summed E-state index contributed by atoms with van der Waals surface area (Å²) in [5.74, 6) is 1.20. The van der Waals surface area contributed by atoms with Crippen LogP contribution >= 0.6 is 11.3 Å². The molecule has 3 heterocycles. The maximum atomic E-state index is 8.91. The molecule has 0 aromatic carbocycles. The highest BCUT2D eigenvalue weighted by Gasteiger charge is 2.26. The summed E-state index contributed by atoms with van der Waals surface area (Å²) in [7, 11) is 0. The van der Waals surface area contributed by atoms with Gasteiger partial charge in [0, 0.05) is 42.8 Å². The van der Waals surface area contributed by atoms with E-state index in [1.807, 2.05) is 12.3 Å². The van der Waals surface area contributed by atoms with Crippen molar-refractivity contribution in [3.63, 3.8) is 0 Å². The largest absolute Gasteiger partial charge is 0.375 e. The van der Waals surface area contributed by atoms with Gasteiger partial charge in [0.05, 0.1) is 0 Å². The highest BCUT2D eigenvalue weighted by Crippen LogP contribution is 2.24. The molecule has 3 N–H and O–H groups in total. The number of nitriles is 1. The van der Waals surface area contributed by atoms with Crippen molar-refractivity contribution in [3.05, 3.63) is 29.2 Å². The van der Waals surface area contributed by atoms with Gasteiger partial charge in [-0.15, -0.1) is 11.3 Å². The zero-order valence-electron chi connectivity index (χ0n) is 12.9. The molecule has 1 aliphatic heterocycles. The van der Waals surface area contributed by atoms with Gasteiger partial charge in [-0.2, -0.15) is 5.26 Å². The van der Waals surface area contributed by atoms with Crippen molar-refractivity contribution < 1.29 is 0 Å². The Hall–Kier alpha value is -2.24. The first-order chi connectivity index (χ1) is 11.1. The molecule has 2 aromatic rings. The van der Waals surface area contributed by atoms with Crippen molar-refractivity contribution in [3.8, 4) is 6.07 Å². The predicted molar refractivity (Wildman–Crippen MR) is 89.7 cm³/mol. The van der Waals surface area contributed by atoms with Gasteiger partial charge in [0.2, 0.25) is 0 Å². The third kappa shape index (κ3) is 3.94. The van der Waals surface area contributed by atoms with E-state index < -0.39 is 0 Å². The summed E-state index contributed by atoms with van der Waals surface area (Å²) in [6, 6.07) is 4.08. The molecule has 8 heteroatoms. The summed E-state index contributed by atoms with van der Waals surface area (Å²) in [5.41, 5.74) is 6.07. The van der Waals surface area contributed by atoms with Crippen molar-refractivity contribution >= 4 is 22.3 Å². The highest BCUT2D eigenvalue weighted by molar-refractivity contribution is 7.15. The van der Waals surface area contributed by atoms with Crippen LogP contribution in [0.5, 0.6) is 0 Å². The fraction of sp³-hybridized carbons (Fsp3) is 0.467. The van der Waals surface area contributed by atoms with Gasteiger partial charge in [-0.1, -0.05) is 6.92 Å². The van der Waals surface area contributed by atoms with Crippen molar-refractivity contribution in [2.75, 3.05) is 24.1 Å². The second kappa shape index (κ2) is 6.89. The standard InChI is InChI=1S/C15H19N7S/c1-10-7-22(8-12-6-18-15(17)23-12)3-2-13(10)21-14-4-11(5-16)19-9-20-14/h4,6,9-10,13H,2-3,7-8H2,1H3,(H2,17,18)(H,19,20,21). The van der Waals surface area contributed by atoms with Crippen LogP contribution in [-0.4, -0.2) is 39.0 Å². The number of nitrogens with zero attached hydrogens (tertiary/aromatic N) is 5. The fourth-order valence-corrected chi connectivity index (χ4v) is 3.62. The minimum Gasteiger partial charge on any atom is -0.375 e. The summed E-state index contributed by atoms with van der Waals surface area (Å²) < 4.78 is 0. The molecule has 2 aromatic heterocycles. The van der Waals surface area contributed by atoms with Crippen LogP contribution in [0.15, 0.2) is 18.6 Å². The number of thiazole rings is 1. The number of hydrogen-bond acceptors (Lipinski definition) is 8.